The molecule has 0 bridgehead atoms. The van der Waals surface area contributed by atoms with E-state index in [4.69, 9.17) is 9.84 Å². The second-order valence-corrected chi connectivity index (χ2v) is 9.24. The summed E-state index contributed by atoms with van der Waals surface area (Å²) in [7, 11) is 1.64. The summed E-state index contributed by atoms with van der Waals surface area (Å²) >= 11 is 0. The van der Waals surface area contributed by atoms with Crippen LogP contribution in [0.2, 0.25) is 0 Å². The SMILES string of the molecule is COc1ccc(-c2cc3n(n2)CCC(=O)N3Cc2ccc(C(=O)N3CCC(C)CC3)cc2)cc1. The molecule has 0 unspecified atom stereocenters. The third-order valence-electron chi connectivity index (χ3n) is 6.87. The van der Waals surface area contributed by atoms with Gasteiger partial charge in [0.25, 0.3) is 5.91 Å². The molecule has 0 aliphatic carbocycles. The lowest BCUT2D eigenvalue weighted by Gasteiger charge is -2.30. The number of hydrogen-bond acceptors (Lipinski definition) is 4. The number of amides is 2. The summed E-state index contributed by atoms with van der Waals surface area (Å²) in [4.78, 5) is 29.4. The summed E-state index contributed by atoms with van der Waals surface area (Å²) < 4.78 is 7.14. The Hall–Kier alpha value is -3.61. The zero-order chi connectivity index (χ0) is 23.7. The first-order valence-electron chi connectivity index (χ1n) is 11.9. The zero-order valence-corrected chi connectivity index (χ0v) is 19.7. The molecule has 2 aliphatic rings. The van der Waals surface area contributed by atoms with Gasteiger partial charge in [0.15, 0.2) is 0 Å². The first kappa shape index (κ1) is 22.2. The van der Waals surface area contributed by atoms with Gasteiger partial charge in [-0.1, -0.05) is 19.1 Å². The molecule has 7 nitrogen and oxygen atoms in total. The quantitative estimate of drug-likeness (QED) is 0.570. The van der Waals surface area contributed by atoms with Gasteiger partial charge in [0.1, 0.15) is 11.6 Å². The first-order valence-corrected chi connectivity index (χ1v) is 11.9. The molecule has 3 aromatic rings. The monoisotopic (exact) mass is 458 g/mol. The Morgan fingerprint density at radius 1 is 1.03 bits per heavy atom. The van der Waals surface area contributed by atoms with Gasteiger partial charge in [0.05, 0.1) is 25.9 Å². The highest BCUT2D eigenvalue weighted by Gasteiger charge is 2.27. The predicted octanol–water partition coefficient (Wildman–Crippen LogP) is 4.37. The Bertz CT molecular complexity index is 1180. The lowest BCUT2D eigenvalue weighted by molar-refractivity contribution is -0.119. The van der Waals surface area contributed by atoms with Crippen LogP contribution < -0.4 is 9.64 Å². The summed E-state index contributed by atoms with van der Waals surface area (Å²) in [6.45, 7) is 4.91. The number of aryl methyl sites for hydroxylation is 1. The molecule has 3 heterocycles. The zero-order valence-electron chi connectivity index (χ0n) is 19.7. The summed E-state index contributed by atoms with van der Waals surface area (Å²) in [6, 6.07) is 17.4. The van der Waals surface area contributed by atoms with Crippen LogP contribution in [-0.2, 0) is 17.9 Å². The van der Waals surface area contributed by atoms with Crippen molar-refractivity contribution < 1.29 is 14.3 Å². The highest BCUT2D eigenvalue weighted by Crippen LogP contribution is 2.30. The molecule has 0 N–H and O–H groups in total. The Morgan fingerprint density at radius 3 is 2.41 bits per heavy atom. The molecular weight excluding hydrogens is 428 g/mol. The molecule has 5 rings (SSSR count). The fraction of sp³-hybridized carbons (Fsp3) is 0.370. The van der Waals surface area contributed by atoms with Crippen LogP contribution in [-0.4, -0.2) is 46.7 Å². The molecule has 2 aliphatic heterocycles. The summed E-state index contributed by atoms with van der Waals surface area (Å²) in [5.74, 6) is 2.45. The number of benzene rings is 2. The van der Waals surface area contributed by atoms with Crippen LogP contribution in [0, 0.1) is 5.92 Å². The van der Waals surface area contributed by atoms with Gasteiger partial charge in [-0.2, -0.15) is 5.10 Å². The molecule has 2 amide bonds. The minimum absolute atomic E-state index is 0.0799. The number of carbonyl (C=O) groups excluding carboxylic acids is 2. The normalized spacial score (nSPS) is 16.5. The van der Waals surface area contributed by atoms with Crippen LogP contribution in [0.5, 0.6) is 5.75 Å². The standard InChI is InChI=1S/C27H30N4O3/c1-19-11-14-29(15-12-19)27(33)22-5-3-20(4-6-22)18-30-25-17-24(28-31(25)16-13-26(30)32)21-7-9-23(34-2)10-8-21/h3-10,17,19H,11-16,18H2,1-2H3. The molecule has 34 heavy (non-hydrogen) atoms. The van der Waals surface area contributed by atoms with Gasteiger partial charge in [-0.25, -0.2) is 4.68 Å². The molecule has 0 spiro atoms. The Kier molecular flexibility index (Phi) is 6.09. The number of fused-ring (bicyclic) bond motifs is 1. The van der Waals surface area contributed by atoms with E-state index in [1.807, 2.05) is 64.2 Å². The summed E-state index contributed by atoms with van der Waals surface area (Å²) in [5, 5.41) is 4.73. The molecule has 0 radical (unpaired) electrons. The van der Waals surface area contributed by atoms with E-state index in [-0.39, 0.29) is 11.8 Å². The number of carbonyl (C=O) groups is 2. The number of ether oxygens (including phenoxy) is 1. The van der Waals surface area contributed by atoms with Crippen LogP contribution in [0.15, 0.2) is 54.6 Å². The number of likely N-dealkylation sites (tertiary alicyclic amines) is 1. The van der Waals surface area contributed by atoms with Gasteiger partial charge in [-0.15, -0.1) is 0 Å². The Morgan fingerprint density at radius 2 is 1.74 bits per heavy atom. The van der Waals surface area contributed by atoms with E-state index in [2.05, 4.69) is 6.92 Å². The first-order chi connectivity index (χ1) is 16.5. The number of rotatable bonds is 5. The van der Waals surface area contributed by atoms with E-state index >= 15 is 0 Å². The number of nitrogens with zero attached hydrogens (tertiary/aromatic N) is 4. The van der Waals surface area contributed by atoms with E-state index in [1.54, 1.807) is 12.0 Å². The van der Waals surface area contributed by atoms with Crippen molar-refractivity contribution in [2.45, 2.75) is 39.3 Å². The van der Waals surface area contributed by atoms with Crippen LogP contribution in [0.1, 0.15) is 42.1 Å². The molecule has 1 fully saturated rings. The number of aromatic nitrogens is 2. The average Bonchev–Trinajstić information content (AvgIpc) is 3.31. The third kappa shape index (κ3) is 4.42. The second kappa shape index (κ2) is 9.33. The van der Waals surface area contributed by atoms with Crippen LogP contribution in [0.3, 0.4) is 0 Å². The smallest absolute Gasteiger partial charge is 0.253 e. The van der Waals surface area contributed by atoms with Crippen LogP contribution >= 0.6 is 0 Å². The highest BCUT2D eigenvalue weighted by atomic mass is 16.5. The van der Waals surface area contributed by atoms with Crippen molar-refractivity contribution in [3.05, 3.63) is 65.7 Å². The average molecular weight is 459 g/mol. The minimum Gasteiger partial charge on any atom is -0.497 e. The topological polar surface area (TPSA) is 67.7 Å². The molecule has 0 saturated carbocycles. The lowest BCUT2D eigenvalue weighted by atomic mass is 9.98. The van der Waals surface area contributed by atoms with Gasteiger partial charge in [0, 0.05) is 36.7 Å². The number of methoxy groups -OCH3 is 1. The molecule has 1 aromatic heterocycles. The Balaban J connectivity index is 1.32. The van der Waals surface area contributed by atoms with E-state index in [0.29, 0.717) is 31.0 Å². The van der Waals surface area contributed by atoms with Crippen molar-refractivity contribution >= 4 is 17.6 Å². The number of anilines is 1. The second-order valence-electron chi connectivity index (χ2n) is 9.24. The predicted molar refractivity (Wildman–Crippen MR) is 131 cm³/mol. The maximum atomic E-state index is 12.8. The van der Waals surface area contributed by atoms with Gasteiger partial charge in [-0.3, -0.25) is 14.5 Å². The number of piperidine rings is 1. The third-order valence-corrected chi connectivity index (χ3v) is 6.87. The molecule has 1 saturated heterocycles. The van der Waals surface area contributed by atoms with Crippen molar-refractivity contribution in [3.63, 3.8) is 0 Å². The number of hydrogen-bond donors (Lipinski definition) is 0. The van der Waals surface area contributed by atoms with Crippen LogP contribution in [0.4, 0.5) is 5.82 Å². The van der Waals surface area contributed by atoms with Gasteiger partial charge < -0.3 is 9.64 Å². The van der Waals surface area contributed by atoms with Crippen LogP contribution in [0.25, 0.3) is 11.3 Å². The molecule has 0 atom stereocenters. The van der Waals surface area contributed by atoms with Crippen molar-refractivity contribution in [2.75, 3.05) is 25.1 Å². The highest BCUT2D eigenvalue weighted by molar-refractivity contribution is 5.95. The fourth-order valence-electron chi connectivity index (χ4n) is 4.65. The fourth-order valence-corrected chi connectivity index (χ4v) is 4.65. The van der Waals surface area contributed by atoms with Crippen molar-refractivity contribution in [1.82, 2.24) is 14.7 Å². The van der Waals surface area contributed by atoms with E-state index in [0.717, 1.165) is 54.3 Å². The van der Waals surface area contributed by atoms with Gasteiger partial charge >= 0.3 is 0 Å². The molecular formula is C27H30N4O3. The maximum Gasteiger partial charge on any atom is 0.253 e. The summed E-state index contributed by atoms with van der Waals surface area (Å²) in [5.41, 5.74) is 3.49. The maximum absolute atomic E-state index is 12.8. The van der Waals surface area contributed by atoms with Gasteiger partial charge in [-0.05, 0) is 60.7 Å². The molecule has 7 heteroatoms. The Labute approximate surface area is 199 Å². The van der Waals surface area contributed by atoms with Crippen molar-refractivity contribution in [3.8, 4) is 17.0 Å². The lowest BCUT2D eigenvalue weighted by Crippen LogP contribution is -2.38. The van der Waals surface area contributed by atoms with E-state index in [1.165, 1.54) is 0 Å². The van der Waals surface area contributed by atoms with E-state index < -0.39 is 0 Å². The molecule has 176 valence electrons. The minimum atomic E-state index is 0.0799. The van der Waals surface area contributed by atoms with Crippen molar-refractivity contribution in [1.29, 1.82) is 0 Å². The van der Waals surface area contributed by atoms with E-state index in [9.17, 15) is 9.59 Å². The van der Waals surface area contributed by atoms with Gasteiger partial charge in [0.2, 0.25) is 5.91 Å². The molecule has 2 aromatic carbocycles. The van der Waals surface area contributed by atoms with Crippen molar-refractivity contribution in [2.24, 2.45) is 5.92 Å². The largest absolute Gasteiger partial charge is 0.497 e. The summed E-state index contributed by atoms with van der Waals surface area (Å²) in [6.07, 6.45) is 2.54.